The van der Waals surface area contributed by atoms with Crippen molar-refractivity contribution in [3.8, 4) is 0 Å². The summed E-state index contributed by atoms with van der Waals surface area (Å²) < 4.78 is 5.04. The second-order valence-corrected chi connectivity index (χ2v) is 4.15. The number of nitrogens with one attached hydrogen (secondary N) is 1. The topological polar surface area (TPSA) is 88.2 Å². The molecule has 0 aromatic heterocycles. The van der Waals surface area contributed by atoms with E-state index in [1.165, 1.54) is 14.2 Å². The fourth-order valence-corrected chi connectivity index (χ4v) is 1.68. The Hall–Kier alpha value is -2.45. The molecule has 0 aliphatic carbocycles. The monoisotopic (exact) mass is 309 g/mol. The predicted octanol–water partition coefficient (Wildman–Crippen LogP) is 1.38. The number of hydrogen-bond acceptors (Lipinski definition) is 5. The third-order valence-electron chi connectivity index (χ3n) is 2.80. The lowest BCUT2D eigenvalue weighted by Crippen LogP contribution is -2.53. The molecule has 1 aromatic rings. The van der Waals surface area contributed by atoms with E-state index in [1.54, 1.807) is 37.3 Å². The van der Waals surface area contributed by atoms with Gasteiger partial charge in [0, 0.05) is 7.11 Å². The van der Waals surface area contributed by atoms with Crippen LogP contribution in [0.25, 0.3) is 0 Å². The number of methoxy groups -OCH3 is 1. The number of ether oxygens (including phenoxy) is 1. The van der Waals surface area contributed by atoms with Crippen molar-refractivity contribution in [2.75, 3.05) is 25.7 Å². The molecule has 1 N–H and O–H groups in total. The number of hydroxylamine groups is 2. The molecule has 4 amide bonds. The van der Waals surface area contributed by atoms with Gasteiger partial charge >= 0.3 is 12.1 Å². The fraction of sp³-hybridized carbons (Fsp3) is 0.357. The van der Waals surface area contributed by atoms with Crippen LogP contribution in [0.1, 0.15) is 6.92 Å². The maximum Gasteiger partial charge on any atom is 0.359 e. The van der Waals surface area contributed by atoms with Crippen LogP contribution < -0.4 is 10.2 Å². The minimum absolute atomic E-state index is 0.206. The Labute approximate surface area is 128 Å². The van der Waals surface area contributed by atoms with Crippen LogP contribution in [0.3, 0.4) is 0 Å². The Kier molecular flexibility index (Phi) is 7.00. The number of benzene rings is 1. The minimum Gasteiger partial charge on any atom is -0.359 e. The van der Waals surface area contributed by atoms with E-state index >= 15 is 0 Å². The van der Waals surface area contributed by atoms with E-state index in [-0.39, 0.29) is 6.54 Å². The Balaban J connectivity index is 3.11. The molecular weight excluding hydrogens is 290 g/mol. The molecule has 0 spiro atoms. The lowest BCUT2D eigenvalue weighted by atomic mass is 10.3. The quantitative estimate of drug-likeness (QED) is 0.487. The number of para-hydroxylation sites is 1. The molecule has 0 aliphatic rings. The van der Waals surface area contributed by atoms with Crippen LogP contribution in [0.15, 0.2) is 30.3 Å². The van der Waals surface area contributed by atoms with Gasteiger partial charge in [0.15, 0.2) is 6.23 Å². The van der Waals surface area contributed by atoms with E-state index in [9.17, 15) is 14.4 Å². The van der Waals surface area contributed by atoms with Crippen LogP contribution in [-0.2, 0) is 14.4 Å². The third-order valence-corrected chi connectivity index (χ3v) is 2.80. The number of amides is 4. The van der Waals surface area contributed by atoms with Crippen molar-refractivity contribution in [3.05, 3.63) is 30.3 Å². The first-order chi connectivity index (χ1) is 10.6. The van der Waals surface area contributed by atoms with Gasteiger partial charge in [0.1, 0.15) is 6.29 Å². The normalized spacial score (nSPS) is 11.4. The molecule has 1 rings (SSSR count). The summed E-state index contributed by atoms with van der Waals surface area (Å²) in [7, 11) is 2.70. The molecule has 1 unspecified atom stereocenters. The van der Waals surface area contributed by atoms with E-state index in [4.69, 9.17) is 9.57 Å². The van der Waals surface area contributed by atoms with Crippen LogP contribution in [-0.4, -0.2) is 50.4 Å². The van der Waals surface area contributed by atoms with Gasteiger partial charge in [-0.1, -0.05) is 18.2 Å². The van der Waals surface area contributed by atoms with Crippen LogP contribution >= 0.6 is 0 Å². The summed E-state index contributed by atoms with van der Waals surface area (Å²) in [6.07, 6.45) is -0.181. The van der Waals surface area contributed by atoms with Gasteiger partial charge in [-0.05, 0) is 19.1 Å². The van der Waals surface area contributed by atoms with E-state index in [2.05, 4.69) is 5.32 Å². The molecule has 0 aliphatic heterocycles. The summed E-state index contributed by atoms with van der Waals surface area (Å²) in [5, 5.41) is 3.23. The first-order valence-corrected chi connectivity index (χ1v) is 6.53. The van der Waals surface area contributed by atoms with Gasteiger partial charge in [0.05, 0.1) is 19.3 Å². The number of aldehydes is 1. The molecule has 22 heavy (non-hydrogen) atoms. The Morgan fingerprint density at radius 3 is 2.41 bits per heavy atom. The number of carbonyl (C=O) groups is 3. The van der Waals surface area contributed by atoms with Gasteiger partial charge in [0.25, 0.3) is 0 Å². The van der Waals surface area contributed by atoms with E-state index in [0.717, 1.165) is 9.96 Å². The molecular formula is C14H19N3O5. The summed E-state index contributed by atoms with van der Waals surface area (Å²) in [4.78, 5) is 41.0. The van der Waals surface area contributed by atoms with Gasteiger partial charge in [-0.3, -0.25) is 4.84 Å². The van der Waals surface area contributed by atoms with Crippen molar-refractivity contribution in [2.45, 2.75) is 13.2 Å². The van der Waals surface area contributed by atoms with Gasteiger partial charge in [-0.25, -0.2) is 14.5 Å². The Bertz CT molecular complexity index is 508. The van der Waals surface area contributed by atoms with Crippen LogP contribution in [0, 0.1) is 0 Å². The number of carbonyl (C=O) groups excluding carboxylic acids is 3. The molecule has 1 aromatic carbocycles. The summed E-state index contributed by atoms with van der Waals surface area (Å²) >= 11 is 0. The van der Waals surface area contributed by atoms with Gasteiger partial charge in [-0.15, -0.1) is 0 Å². The number of imide groups is 1. The predicted molar refractivity (Wildman–Crippen MR) is 79.1 cm³/mol. The highest BCUT2D eigenvalue weighted by atomic mass is 16.7. The summed E-state index contributed by atoms with van der Waals surface area (Å²) in [5.74, 6) is 0. The molecule has 0 saturated heterocycles. The number of urea groups is 2. The smallest absolute Gasteiger partial charge is 0.359 e. The molecule has 0 saturated carbocycles. The summed E-state index contributed by atoms with van der Waals surface area (Å²) in [6, 6.07) is 6.80. The number of anilines is 1. The molecule has 0 heterocycles. The highest BCUT2D eigenvalue weighted by Crippen LogP contribution is 2.17. The highest BCUT2D eigenvalue weighted by Gasteiger charge is 2.31. The van der Waals surface area contributed by atoms with Crippen LogP contribution in [0.5, 0.6) is 0 Å². The van der Waals surface area contributed by atoms with Gasteiger partial charge in [0.2, 0.25) is 0 Å². The van der Waals surface area contributed by atoms with Crippen molar-refractivity contribution >= 4 is 24.0 Å². The average Bonchev–Trinajstić information content (AvgIpc) is 2.54. The number of rotatable bonds is 6. The molecule has 120 valence electrons. The molecule has 0 fully saturated rings. The van der Waals surface area contributed by atoms with Gasteiger partial charge < -0.3 is 14.8 Å². The third kappa shape index (κ3) is 4.27. The van der Waals surface area contributed by atoms with E-state index in [1.807, 2.05) is 0 Å². The second-order valence-electron chi connectivity index (χ2n) is 4.15. The summed E-state index contributed by atoms with van der Waals surface area (Å²) in [5.41, 5.74) is 0.334. The molecule has 1 atom stereocenters. The van der Waals surface area contributed by atoms with Crippen molar-refractivity contribution in [3.63, 3.8) is 0 Å². The zero-order valence-corrected chi connectivity index (χ0v) is 12.7. The van der Waals surface area contributed by atoms with Crippen LogP contribution in [0.2, 0.25) is 0 Å². The van der Waals surface area contributed by atoms with Gasteiger partial charge in [-0.2, -0.15) is 5.06 Å². The largest absolute Gasteiger partial charge is 0.359 e. The van der Waals surface area contributed by atoms with Crippen molar-refractivity contribution in [1.29, 1.82) is 0 Å². The second kappa shape index (κ2) is 8.75. The Morgan fingerprint density at radius 1 is 1.27 bits per heavy atom. The standard InChI is InChI=1S/C14H19N3O5/c1-11(21-2)17(22-3)14(20)16(13(19)15-9-10-18)12-7-5-4-6-8-12/h4-8,10-11H,9H2,1-3H3,(H,15,19). The average molecular weight is 309 g/mol. The summed E-state index contributed by atoms with van der Waals surface area (Å²) in [6.45, 7) is 1.39. The van der Waals surface area contributed by atoms with Crippen molar-refractivity contribution < 1.29 is 24.0 Å². The maximum atomic E-state index is 12.6. The first-order valence-electron chi connectivity index (χ1n) is 6.53. The number of nitrogens with zero attached hydrogens (tertiary/aromatic N) is 2. The fourth-order valence-electron chi connectivity index (χ4n) is 1.68. The lowest BCUT2D eigenvalue weighted by molar-refractivity contribution is -0.181. The lowest BCUT2D eigenvalue weighted by Gasteiger charge is -2.30. The molecule has 8 heteroatoms. The zero-order valence-electron chi connectivity index (χ0n) is 12.7. The first kappa shape index (κ1) is 17.6. The van der Waals surface area contributed by atoms with Crippen molar-refractivity contribution in [1.82, 2.24) is 10.4 Å². The molecule has 0 radical (unpaired) electrons. The Morgan fingerprint density at radius 2 is 1.91 bits per heavy atom. The minimum atomic E-state index is -0.744. The SMILES string of the molecule is COC(C)N(OC)C(=O)N(C(=O)NCC=O)c1ccccc1. The highest BCUT2D eigenvalue weighted by molar-refractivity contribution is 6.13. The molecule has 0 bridgehead atoms. The van der Waals surface area contributed by atoms with E-state index < -0.39 is 18.3 Å². The zero-order chi connectivity index (χ0) is 16.5. The molecule has 8 nitrogen and oxygen atoms in total. The van der Waals surface area contributed by atoms with Crippen LogP contribution in [0.4, 0.5) is 15.3 Å². The maximum absolute atomic E-state index is 12.6. The van der Waals surface area contributed by atoms with Crippen molar-refractivity contribution in [2.24, 2.45) is 0 Å². The van der Waals surface area contributed by atoms with E-state index in [0.29, 0.717) is 12.0 Å². The number of hydrogen-bond donors (Lipinski definition) is 1.